The van der Waals surface area contributed by atoms with E-state index in [1.165, 1.54) is 6.07 Å². The molecule has 0 aromatic heterocycles. The van der Waals surface area contributed by atoms with Gasteiger partial charge in [-0.15, -0.1) is 0 Å². The largest absolute Gasteiger partial charge is 0.481 e. The minimum Gasteiger partial charge on any atom is -0.481 e. The lowest BCUT2D eigenvalue weighted by Crippen LogP contribution is -2.39. The highest BCUT2D eigenvalue weighted by Gasteiger charge is 2.28. The summed E-state index contributed by atoms with van der Waals surface area (Å²) < 4.78 is 14.3. The number of hydrogen-bond acceptors (Lipinski definition) is 2. The molecule has 1 amide bonds. The number of amides is 1. The van der Waals surface area contributed by atoms with Crippen LogP contribution >= 0.6 is 15.9 Å². The number of carboxylic acids is 1. The molecular formula is C15H17BrFNO3. The molecule has 4 nitrogen and oxygen atoms in total. The first-order valence-electron chi connectivity index (χ1n) is 6.88. The number of nitrogens with one attached hydrogen (secondary N) is 1. The van der Waals surface area contributed by atoms with Gasteiger partial charge < -0.3 is 10.4 Å². The van der Waals surface area contributed by atoms with Gasteiger partial charge in [-0.25, -0.2) is 4.39 Å². The molecule has 0 bridgehead atoms. The van der Waals surface area contributed by atoms with Crippen LogP contribution in [0, 0.1) is 18.7 Å². The molecule has 0 aliphatic heterocycles. The van der Waals surface area contributed by atoms with E-state index >= 15 is 0 Å². The van der Waals surface area contributed by atoms with Crippen LogP contribution < -0.4 is 5.32 Å². The van der Waals surface area contributed by atoms with Crippen molar-refractivity contribution in [3.63, 3.8) is 0 Å². The lowest BCUT2D eigenvalue weighted by atomic mass is 9.86. The fraction of sp³-hybridized carbons (Fsp3) is 0.467. The second-order valence-electron chi connectivity index (χ2n) is 5.41. The number of carbonyl (C=O) groups is 2. The molecule has 2 rings (SSSR count). The maximum atomic E-state index is 13.8. The maximum absolute atomic E-state index is 13.8. The van der Waals surface area contributed by atoms with Crippen molar-refractivity contribution >= 4 is 27.8 Å². The first-order chi connectivity index (χ1) is 9.90. The second kappa shape index (κ2) is 6.56. The minimum atomic E-state index is -0.785. The Kier molecular flexibility index (Phi) is 4.98. The SMILES string of the molecule is Cc1ccc(F)c(C(=O)NC2CCC(C(=O)O)CC2)c1Br. The molecule has 1 fully saturated rings. The van der Waals surface area contributed by atoms with Gasteiger partial charge in [0.1, 0.15) is 5.82 Å². The molecule has 6 heteroatoms. The van der Waals surface area contributed by atoms with Crippen LogP contribution in [0.4, 0.5) is 4.39 Å². The molecule has 1 saturated carbocycles. The molecule has 0 spiro atoms. The van der Waals surface area contributed by atoms with Crippen LogP contribution in [0.5, 0.6) is 0 Å². The van der Waals surface area contributed by atoms with E-state index in [1.54, 1.807) is 13.0 Å². The number of hydrogen-bond donors (Lipinski definition) is 2. The summed E-state index contributed by atoms with van der Waals surface area (Å²) in [5.74, 6) is -2.14. The molecular weight excluding hydrogens is 341 g/mol. The minimum absolute atomic E-state index is 0.00959. The highest BCUT2D eigenvalue weighted by molar-refractivity contribution is 9.10. The van der Waals surface area contributed by atoms with Gasteiger partial charge in [0.15, 0.2) is 0 Å². The molecule has 1 aliphatic carbocycles. The first-order valence-corrected chi connectivity index (χ1v) is 7.67. The average Bonchev–Trinajstić information content (AvgIpc) is 2.44. The van der Waals surface area contributed by atoms with Gasteiger partial charge in [-0.1, -0.05) is 6.07 Å². The van der Waals surface area contributed by atoms with E-state index in [9.17, 15) is 14.0 Å². The zero-order valence-corrected chi connectivity index (χ0v) is 13.2. The smallest absolute Gasteiger partial charge is 0.306 e. The Bertz CT molecular complexity index is 568. The van der Waals surface area contributed by atoms with E-state index < -0.39 is 17.7 Å². The normalized spacial score (nSPS) is 21.9. The fourth-order valence-electron chi connectivity index (χ4n) is 2.61. The number of rotatable bonds is 3. The Hall–Kier alpha value is -1.43. The zero-order chi connectivity index (χ0) is 15.6. The molecule has 114 valence electrons. The van der Waals surface area contributed by atoms with Crippen molar-refractivity contribution in [2.24, 2.45) is 5.92 Å². The van der Waals surface area contributed by atoms with E-state index in [4.69, 9.17) is 5.11 Å². The summed E-state index contributed by atoms with van der Waals surface area (Å²) in [4.78, 5) is 23.1. The predicted molar refractivity (Wildman–Crippen MR) is 79.7 cm³/mol. The third-order valence-corrected chi connectivity index (χ3v) is 4.94. The summed E-state index contributed by atoms with van der Waals surface area (Å²) >= 11 is 3.25. The first kappa shape index (κ1) is 15.9. The molecule has 0 atom stereocenters. The van der Waals surface area contributed by atoms with Crippen LogP contribution in [0.25, 0.3) is 0 Å². The van der Waals surface area contributed by atoms with Crippen molar-refractivity contribution in [3.8, 4) is 0 Å². The standard InChI is InChI=1S/C15H17BrFNO3/c1-8-2-7-11(17)12(13(8)16)14(19)18-10-5-3-9(4-6-10)15(20)21/h2,7,9-10H,3-6H2,1H3,(H,18,19)(H,20,21). The van der Waals surface area contributed by atoms with Gasteiger partial charge in [0.2, 0.25) is 0 Å². The van der Waals surface area contributed by atoms with Crippen molar-refractivity contribution in [1.82, 2.24) is 5.32 Å². The van der Waals surface area contributed by atoms with Gasteiger partial charge in [0.05, 0.1) is 11.5 Å². The summed E-state index contributed by atoms with van der Waals surface area (Å²) in [5.41, 5.74) is 0.798. The van der Waals surface area contributed by atoms with Crippen molar-refractivity contribution in [2.45, 2.75) is 38.6 Å². The molecule has 1 aromatic rings. The van der Waals surface area contributed by atoms with E-state index in [1.807, 2.05) is 0 Å². The Morgan fingerprint density at radius 3 is 2.48 bits per heavy atom. The van der Waals surface area contributed by atoms with Crippen LogP contribution in [-0.4, -0.2) is 23.0 Å². The third-order valence-electron chi connectivity index (χ3n) is 3.92. The van der Waals surface area contributed by atoms with Crippen LogP contribution in [0.15, 0.2) is 16.6 Å². The molecule has 0 radical (unpaired) electrons. The van der Waals surface area contributed by atoms with Crippen molar-refractivity contribution in [3.05, 3.63) is 33.5 Å². The quantitative estimate of drug-likeness (QED) is 0.872. The van der Waals surface area contributed by atoms with Crippen LogP contribution in [-0.2, 0) is 4.79 Å². The Morgan fingerprint density at radius 2 is 1.90 bits per heavy atom. The topological polar surface area (TPSA) is 66.4 Å². The van der Waals surface area contributed by atoms with Crippen LogP contribution in [0.1, 0.15) is 41.6 Å². The lowest BCUT2D eigenvalue weighted by molar-refractivity contribution is -0.142. The van der Waals surface area contributed by atoms with E-state index in [0.717, 1.165) is 5.56 Å². The van der Waals surface area contributed by atoms with Crippen molar-refractivity contribution < 1.29 is 19.1 Å². The highest BCUT2D eigenvalue weighted by Crippen LogP contribution is 2.27. The zero-order valence-electron chi connectivity index (χ0n) is 11.7. The summed E-state index contributed by atoms with van der Waals surface area (Å²) in [6.07, 6.45) is 2.29. The Morgan fingerprint density at radius 1 is 1.29 bits per heavy atom. The molecule has 1 aliphatic rings. The average molecular weight is 358 g/mol. The molecule has 0 heterocycles. The number of carbonyl (C=O) groups excluding carboxylic acids is 1. The number of aliphatic carboxylic acids is 1. The highest BCUT2D eigenvalue weighted by atomic mass is 79.9. The van der Waals surface area contributed by atoms with Gasteiger partial charge in [-0.05, 0) is 60.2 Å². The molecule has 2 N–H and O–H groups in total. The summed E-state index contributed by atoms with van der Waals surface area (Å²) in [5, 5.41) is 11.7. The Balaban J connectivity index is 2.03. The molecule has 21 heavy (non-hydrogen) atoms. The fourth-order valence-corrected chi connectivity index (χ4v) is 3.11. The molecule has 0 unspecified atom stereocenters. The van der Waals surface area contributed by atoms with E-state index in [-0.39, 0.29) is 17.5 Å². The molecule has 1 aromatic carbocycles. The Labute approximate surface area is 130 Å². The van der Waals surface area contributed by atoms with E-state index in [2.05, 4.69) is 21.2 Å². The second-order valence-corrected chi connectivity index (χ2v) is 6.21. The number of aryl methyl sites for hydroxylation is 1. The number of benzene rings is 1. The maximum Gasteiger partial charge on any atom is 0.306 e. The van der Waals surface area contributed by atoms with Crippen LogP contribution in [0.3, 0.4) is 0 Å². The summed E-state index contributed by atoms with van der Waals surface area (Å²) in [6, 6.07) is 2.78. The van der Waals surface area contributed by atoms with Gasteiger partial charge in [0, 0.05) is 10.5 Å². The van der Waals surface area contributed by atoms with Crippen molar-refractivity contribution in [1.29, 1.82) is 0 Å². The third kappa shape index (κ3) is 3.61. The number of halogens is 2. The van der Waals surface area contributed by atoms with Gasteiger partial charge in [-0.2, -0.15) is 0 Å². The molecule has 0 saturated heterocycles. The summed E-state index contributed by atoms with van der Waals surface area (Å²) in [7, 11) is 0. The van der Waals surface area contributed by atoms with E-state index in [0.29, 0.717) is 30.2 Å². The van der Waals surface area contributed by atoms with Crippen LogP contribution in [0.2, 0.25) is 0 Å². The van der Waals surface area contributed by atoms with Gasteiger partial charge in [0.25, 0.3) is 5.91 Å². The van der Waals surface area contributed by atoms with Crippen molar-refractivity contribution in [2.75, 3.05) is 0 Å². The lowest BCUT2D eigenvalue weighted by Gasteiger charge is -2.27. The monoisotopic (exact) mass is 357 g/mol. The number of carboxylic acid groups (broad SMARTS) is 1. The van der Waals surface area contributed by atoms with Gasteiger partial charge in [-0.3, -0.25) is 9.59 Å². The summed E-state index contributed by atoms with van der Waals surface area (Å²) in [6.45, 7) is 1.79. The van der Waals surface area contributed by atoms with Gasteiger partial charge >= 0.3 is 5.97 Å². The predicted octanol–water partition coefficient (Wildman–Crippen LogP) is 3.27.